The molecule has 0 aromatic heterocycles. The van der Waals surface area contributed by atoms with Crippen LogP contribution in [0.15, 0.2) is 4.99 Å². The molecular formula is C11H18N2OS. The van der Waals surface area contributed by atoms with Gasteiger partial charge in [0.25, 0.3) is 0 Å². The fourth-order valence-corrected chi connectivity index (χ4v) is 1.63. The summed E-state index contributed by atoms with van der Waals surface area (Å²) in [4.78, 5) is 15.8. The zero-order chi connectivity index (χ0) is 11.8. The predicted molar refractivity (Wildman–Crippen MR) is 65.1 cm³/mol. The lowest BCUT2D eigenvalue weighted by atomic mass is 10.1. The van der Waals surface area contributed by atoms with Crippen LogP contribution in [0.5, 0.6) is 0 Å². The number of rotatable bonds is 5. The van der Waals surface area contributed by atoms with E-state index in [0.29, 0.717) is 23.9 Å². The Balaban J connectivity index is 4.48. The Morgan fingerprint density at radius 1 is 1.53 bits per heavy atom. The fourth-order valence-electron chi connectivity index (χ4n) is 0.960. The highest BCUT2D eigenvalue weighted by atomic mass is 32.2. The first-order chi connectivity index (χ1) is 7.02. The molecule has 15 heavy (non-hydrogen) atoms. The summed E-state index contributed by atoms with van der Waals surface area (Å²) in [6.07, 6.45) is 0. The van der Waals surface area contributed by atoms with Gasteiger partial charge in [0.2, 0.25) is 5.12 Å². The van der Waals surface area contributed by atoms with Crippen molar-refractivity contribution >= 4 is 22.6 Å². The zero-order valence-corrected chi connectivity index (χ0v) is 10.6. The van der Waals surface area contributed by atoms with E-state index in [1.807, 2.05) is 13.0 Å². The minimum Gasteiger partial charge on any atom is -0.292 e. The van der Waals surface area contributed by atoms with Gasteiger partial charge < -0.3 is 0 Å². The van der Waals surface area contributed by atoms with Gasteiger partial charge in [-0.25, -0.2) is 0 Å². The van der Waals surface area contributed by atoms with Crippen LogP contribution in [0.2, 0.25) is 0 Å². The largest absolute Gasteiger partial charge is 0.292 e. The minimum atomic E-state index is -0.673. The third kappa shape index (κ3) is 5.58. The van der Waals surface area contributed by atoms with Crippen LogP contribution in [0.25, 0.3) is 0 Å². The van der Waals surface area contributed by atoms with Crippen molar-refractivity contribution in [3.63, 3.8) is 0 Å². The molecule has 0 aliphatic carbocycles. The molecule has 1 unspecified atom stereocenters. The van der Waals surface area contributed by atoms with Crippen molar-refractivity contribution in [2.24, 2.45) is 16.8 Å². The molecule has 0 fully saturated rings. The molecule has 84 valence electrons. The molecule has 0 aliphatic heterocycles. The van der Waals surface area contributed by atoms with Crippen LogP contribution in [-0.4, -0.2) is 23.1 Å². The zero-order valence-electron chi connectivity index (χ0n) is 9.78. The number of nitrogens with zero attached hydrogens (tertiary/aromatic N) is 2. The average Bonchev–Trinajstić information content (AvgIpc) is 2.16. The number of carbonyl (C=O) groups is 1. The summed E-state index contributed by atoms with van der Waals surface area (Å²) < 4.78 is 0. The maximum absolute atomic E-state index is 11.5. The summed E-state index contributed by atoms with van der Waals surface area (Å²) in [5.41, 5.74) is 0.636. The van der Waals surface area contributed by atoms with Crippen LogP contribution in [0.3, 0.4) is 0 Å². The SMILES string of the molecule is CCSC(=O)C(C#N)C(C)=NCC(C)C. The van der Waals surface area contributed by atoms with Crippen molar-refractivity contribution in [3.8, 4) is 6.07 Å². The Labute approximate surface area is 96.0 Å². The lowest BCUT2D eigenvalue weighted by Crippen LogP contribution is -2.18. The molecule has 0 aromatic rings. The quantitative estimate of drug-likeness (QED) is 0.677. The molecule has 0 saturated heterocycles. The van der Waals surface area contributed by atoms with Gasteiger partial charge in [-0.2, -0.15) is 5.26 Å². The predicted octanol–water partition coefficient (Wildman–Crippen LogP) is 2.52. The van der Waals surface area contributed by atoms with E-state index < -0.39 is 5.92 Å². The number of hydrogen-bond donors (Lipinski definition) is 0. The normalized spacial score (nSPS) is 13.7. The van der Waals surface area contributed by atoms with Gasteiger partial charge in [-0.3, -0.25) is 9.79 Å². The summed E-state index contributed by atoms with van der Waals surface area (Å²) in [6, 6.07) is 2.01. The Kier molecular flexibility index (Phi) is 7.06. The van der Waals surface area contributed by atoms with E-state index in [4.69, 9.17) is 5.26 Å². The summed E-state index contributed by atoms with van der Waals surface area (Å²) >= 11 is 1.18. The molecule has 0 N–H and O–H groups in total. The summed E-state index contributed by atoms with van der Waals surface area (Å²) in [5.74, 6) is 0.482. The van der Waals surface area contributed by atoms with E-state index in [9.17, 15) is 4.79 Å². The molecule has 0 heterocycles. The van der Waals surface area contributed by atoms with Crippen molar-refractivity contribution in [2.45, 2.75) is 27.7 Å². The molecule has 0 rings (SSSR count). The first kappa shape index (κ1) is 14.2. The molecule has 0 aliphatic rings. The summed E-state index contributed by atoms with van der Waals surface area (Å²) in [6.45, 7) is 8.44. The van der Waals surface area contributed by atoms with Gasteiger partial charge in [-0.1, -0.05) is 32.5 Å². The fraction of sp³-hybridized carbons (Fsp3) is 0.727. The standard InChI is InChI=1S/C11H18N2OS/c1-5-15-11(14)10(6-12)9(4)13-7-8(2)3/h8,10H,5,7H2,1-4H3. The monoisotopic (exact) mass is 226 g/mol. The van der Waals surface area contributed by atoms with Crippen LogP contribution in [-0.2, 0) is 4.79 Å². The van der Waals surface area contributed by atoms with Crippen LogP contribution in [0, 0.1) is 23.2 Å². The highest BCUT2D eigenvalue weighted by Crippen LogP contribution is 2.12. The molecule has 1 atom stereocenters. The molecule has 0 bridgehead atoms. The smallest absolute Gasteiger partial charge is 0.211 e. The highest BCUT2D eigenvalue weighted by Gasteiger charge is 2.20. The molecule has 0 radical (unpaired) electrons. The minimum absolute atomic E-state index is 0.0926. The van der Waals surface area contributed by atoms with E-state index >= 15 is 0 Å². The molecule has 4 heteroatoms. The second-order valence-electron chi connectivity index (χ2n) is 3.69. The highest BCUT2D eigenvalue weighted by molar-refractivity contribution is 8.13. The maximum atomic E-state index is 11.5. The molecule has 3 nitrogen and oxygen atoms in total. The van der Waals surface area contributed by atoms with E-state index in [2.05, 4.69) is 18.8 Å². The number of hydrogen-bond acceptors (Lipinski definition) is 4. The van der Waals surface area contributed by atoms with Crippen LogP contribution < -0.4 is 0 Å². The van der Waals surface area contributed by atoms with Gasteiger partial charge in [0.15, 0.2) is 5.92 Å². The third-order valence-corrected chi connectivity index (χ3v) is 2.58. The summed E-state index contributed by atoms with van der Waals surface area (Å²) in [5, 5.41) is 8.80. The molecule has 0 saturated carbocycles. The number of nitriles is 1. The van der Waals surface area contributed by atoms with Gasteiger partial charge in [-0.15, -0.1) is 0 Å². The lowest BCUT2D eigenvalue weighted by Gasteiger charge is -2.07. The topological polar surface area (TPSA) is 53.2 Å². The molecule has 0 spiro atoms. The van der Waals surface area contributed by atoms with Crippen LogP contribution in [0.4, 0.5) is 0 Å². The molecule has 0 aromatic carbocycles. The first-order valence-corrected chi connectivity index (χ1v) is 6.08. The van der Waals surface area contributed by atoms with Crippen molar-refractivity contribution in [1.29, 1.82) is 5.26 Å². The van der Waals surface area contributed by atoms with Crippen molar-refractivity contribution < 1.29 is 4.79 Å². The Morgan fingerprint density at radius 3 is 2.53 bits per heavy atom. The first-order valence-electron chi connectivity index (χ1n) is 5.10. The van der Waals surface area contributed by atoms with E-state index in [0.717, 1.165) is 0 Å². The van der Waals surface area contributed by atoms with E-state index in [1.165, 1.54) is 11.8 Å². The van der Waals surface area contributed by atoms with Crippen LogP contribution in [0.1, 0.15) is 27.7 Å². The maximum Gasteiger partial charge on any atom is 0.211 e. The van der Waals surface area contributed by atoms with Gasteiger partial charge in [-0.05, 0) is 18.6 Å². The second kappa shape index (κ2) is 7.47. The molecule has 0 amide bonds. The van der Waals surface area contributed by atoms with Gasteiger partial charge in [0, 0.05) is 12.3 Å². The average molecular weight is 226 g/mol. The third-order valence-electron chi connectivity index (χ3n) is 1.78. The Bertz CT molecular complexity index is 279. The molecular weight excluding hydrogens is 208 g/mol. The summed E-state index contributed by atoms with van der Waals surface area (Å²) in [7, 11) is 0. The Morgan fingerprint density at radius 2 is 2.13 bits per heavy atom. The van der Waals surface area contributed by atoms with Crippen molar-refractivity contribution in [1.82, 2.24) is 0 Å². The Hall–Kier alpha value is -0.820. The number of aliphatic imine (C=N–C) groups is 1. The van der Waals surface area contributed by atoms with Crippen molar-refractivity contribution in [3.05, 3.63) is 0 Å². The second-order valence-corrected chi connectivity index (χ2v) is 4.96. The van der Waals surface area contributed by atoms with Gasteiger partial charge in [0.05, 0.1) is 6.07 Å². The number of thioether (sulfide) groups is 1. The van der Waals surface area contributed by atoms with Crippen LogP contribution >= 0.6 is 11.8 Å². The lowest BCUT2D eigenvalue weighted by molar-refractivity contribution is -0.111. The van der Waals surface area contributed by atoms with E-state index in [-0.39, 0.29) is 5.12 Å². The van der Waals surface area contributed by atoms with E-state index in [1.54, 1.807) is 6.92 Å². The van der Waals surface area contributed by atoms with Gasteiger partial charge >= 0.3 is 0 Å². The van der Waals surface area contributed by atoms with Crippen molar-refractivity contribution in [2.75, 3.05) is 12.3 Å². The number of carbonyl (C=O) groups excluding carboxylic acids is 1. The van der Waals surface area contributed by atoms with Gasteiger partial charge in [0.1, 0.15) is 0 Å².